The lowest BCUT2D eigenvalue weighted by Crippen LogP contribution is -2.51. The van der Waals surface area contributed by atoms with Gasteiger partial charge in [-0.2, -0.15) is 0 Å². The van der Waals surface area contributed by atoms with Gasteiger partial charge >= 0.3 is 0 Å². The highest BCUT2D eigenvalue weighted by Gasteiger charge is 2.31. The number of carbonyl (C=O) groups is 2. The van der Waals surface area contributed by atoms with Crippen LogP contribution in [-0.4, -0.2) is 50.0 Å². The highest BCUT2D eigenvalue weighted by Crippen LogP contribution is 2.21. The molecule has 214 valence electrons. The number of anilines is 1. The number of carbonyl (C=O) groups excluding carboxylic acids is 2. The molecule has 0 aliphatic heterocycles. The van der Waals surface area contributed by atoms with Gasteiger partial charge in [0, 0.05) is 32.0 Å². The summed E-state index contributed by atoms with van der Waals surface area (Å²) in [5, 5.41) is 2.99. The van der Waals surface area contributed by atoms with Crippen molar-refractivity contribution in [1.29, 1.82) is 0 Å². The summed E-state index contributed by atoms with van der Waals surface area (Å²) in [7, 11) is -3.55. The van der Waals surface area contributed by atoms with Crippen LogP contribution in [0.3, 0.4) is 0 Å². The molecule has 2 amide bonds. The fraction of sp³-hybridized carbons (Fsp3) is 0.375. The first kappa shape index (κ1) is 30.9. The lowest BCUT2D eigenvalue weighted by molar-refractivity contribution is -0.141. The third-order valence-electron chi connectivity index (χ3n) is 6.62. The predicted octanol–water partition coefficient (Wildman–Crippen LogP) is 5.01. The maximum absolute atomic E-state index is 13.8. The number of nitrogens with zero attached hydrogens (tertiary/aromatic N) is 2. The van der Waals surface area contributed by atoms with E-state index in [1.165, 1.54) is 10.6 Å². The third kappa shape index (κ3) is 9.23. The summed E-state index contributed by atoms with van der Waals surface area (Å²) in [6.07, 6.45) is 1.96. The second kappa shape index (κ2) is 14.1. The van der Waals surface area contributed by atoms with E-state index in [1.54, 1.807) is 11.0 Å². The molecular weight excluding hydrogens is 522 g/mol. The normalized spacial score (nSPS) is 12.2. The zero-order valence-corrected chi connectivity index (χ0v) is 24.9. The van der Waals surface area contributed by atoms with Crippen molar-refractivity contribution in [2.24, 2.45) is 0 Å². The first-order valence-electron chi connectivity index (χ1n) is 13.7. The van der Waals surface area contributed by atoms with E-state index in [2.05, 4.69) is 5.32 Å². The molecule has 3 aromatic carbocycles. The first-order valence-corrected chi connectivity index (χ1v) is 15.5. The van der Waals surface area contributed by atoms with Crippen molar-refractivity contribution in [2.75, 3.05) is 17.1 Å². The van der Waals surface area contributed by atoms with Gasteiger partial charge in [-0.1, -0.05) is 72.3 Å². The number of hydrogen-bond acceptors (Lipinski definition) is 4. The van der Waals surface area contributed by atoms with Gasteiger partial charge in [0.1, 0.15) is 6.04 Å². The summed E-state index contributed by atoms with van der Waals surface area (Å²) >= 11 is 0. The van der Waals surface area contributed by atoms with Crippen LogP contribution in [0.1, 0.15) is 48.9 Å². The minimum atomic E-state index is -3.55. The van der Waals surface area contributed by atoms with Gasteiger partial charge in [0.15, 0.2) is 0 Å². The second-order valence-electron chi connectivity index (χ2n) is 10.7. The molecule has 0 saturated heterocycles. The number of benzene rings is 3. The Bertz CT molecular complexity index is 1370. The summed E-state index contributed by atoms with van der Waals surface area (Å²) < 4.78 is 26.5. The van der Waals surface area contributed by atoms with Crippen molar-refractivity contribution in [3.63, 3.8) is 0 Å². The van der Waals surface area contributed by atoms with Crippen molar-refractivity contribution in [2.45, 2.75) is 65.6 Å². The molecule has 1 N–H and O–H groups in total. The fourth-order valence-corrected chi connectivity index (χ4v) is 5.57. The van der Waals surface area contributed by atoms with E-state index in [-0.39, 0.29) is 37.4 Å². The Balaban J connectivity index is 1.87. The third-order valence-corrected chi connectivity index (χ3v) is 7.81. The number of amides is 2. The van der Waals surface area contributed by atoms with Gasteiger partial charge in [0.05, 0.1) is 11.9 Å². The van der Waals surface area contributed by atoms with E-state index >= 15 is 0 Å². The van der Waals surface area contributed by atoms with E-state index < -0.39 is 16.1 Å². The quantitative estimate of drug-likeness (QED) is 0.317. The highest BCUT2D eigenvalue weighted by molar-refractivity contribution is 7.92. The Morgan fingerprint density at radius 3 is 2.12 bits per heavy atom. The van der Waals surface area contributed by atoms with E-state index in [0.29, 0.717) is 18.5 Å². The number of rotatable bonds is 13. The first-order chi connectivity index (χ1) is 18.9. The molecule has 0 heterocycles. The molecule has 3 aromatic rings. The molecule has 1 unspecified atom stereocenters. The molecule has 7 nitrogen and oxygen atoms in total. The largest absolute Gasteiger partial charge is 0.352 e. The summed E-state index contributed by atoms with van der Waals surface area (Å²) in [6.45, 7) is 8.14. The summed E-state index contributed by atoms with van der Waals surface area (Å²) in [5.41, 5.74) is 4.51. The monoisotopic (exact) mass is 563 g/mol. The highest BCUT2D eigenvalue weighted by atomic mass is 32.2. The molecule has 3 rings (SSSR count). The molecule has 40 heavy (non-hydrogen) atoms. The summed E-state index contributed by atoms with van der Waals surface area (Å²) in [5.74, 6) is -0.407. The van der Waals surface area contributed by atoms with Crippen molar-refractivity contribution < 1.29 is 18.0 Å². The number of nitrogens with one attached hydrogen (secondary N) is 1. The summed E-state index contributed by atoms with van der Waals surface area (Å²) in [4.78, 5) is 29.0. The molecule has 0 aliphatic rings. The molecule has 0 aliphatic carbocycles. The van der Waals surface area contributed by atoms with Gasteiger partial charge in [0.25, 0.3) is 0 Å². The Kier molecular flexibility index (Phi) is 10.9. The smallest absolute Gasteiger partial charge is 0.243 e. The van der Waals surface area contributed by atoms with Gasteiger partial charge in [-0.05, 0) is 62.9 Å². The van der Waals surface area contributed by atoms with Crippen LogP contribution in [0.5, 0.6) is 0 Å². The molecule has 0 spiro atoms. The maximum Gasteiger partial charge on any atom is 0.243 e. The Labute approximate surface area is 239 Å². The van der Waals surface area contributed by atoms with Crippen LogP contribution in [0.2, 0.25) is 0 Å². The zero-order valence-electron chi connectivity index (χ0n) is 24.1. The predicted molar refractivity (Wildman–Crippen MR) is 162 cm³/mol. The Morgan fingerprint density at radius 2 is 1.52 bits per heavy atom. The molecule has 0 fully saturated rings. The molecule has 0 bridgehead atoms. The van der Waals surface area contributed by atoms with Crippen LogP contribution in [0, 0.1) is 13.8 Å². The van der Waals surface area contributed by atoms with Gasteiger partial charge < -0.3 is 10.2 Å². The maximum atomic E-state index is 13.8. The lowest BCUT2D eigenvalue weighted by Gasteiger charge is -2.32. The molecule has 0 saturated carbocycles. The van der Waals surface area contributed by atoms with E-state index in [1.807, 2.05) is 100 Å². The topological polar surface area (TPSA) is 86.8 Å². The average Bonchev–Trinajstić information content (AvgIpc) is 2.89. The van der Waals surface area contributed by atoms with Crippen molar-refractivity contribution >= 4 is 27.5 Å². The van der Waals surface area contributed by atoms with Crippen molar-refractivity contribution in [3.8, 4) is 0 Å². The second-order valence-corrected chi connectivity index (χ2v) is 12.6. The van der Waals surface area contributed by atoms with E-state index in [9.17, 15) is 18.0 Å². The molecular formula is C32H41N3O4S. The van der Waals surface area contributed by atoms with Gasteiger partial charge in [0.2, 0.25) is 21.8 Å². The van der Waals surface area contributed by atoms with Crippen LogP contribution < -0.4 is 9.62 Å². The van der Waals surface area contributed by atoms with E-state index in [0.717, 1.165) is 22.3 Å². The minimum absolute atomic E-state index is 0.0836. The molecule has 0 radical (unpaired) electrons. The van der Waals surface area contributed by atoms with E-state index in [4.69, 9.17) is 0 Å². The van der Waals surface area contributed by atoms with Crippen molar-refractivity contribution in [1.82, 2.24) is 10.2 Å². The zero-order chi connectivity index (χ0) is 29.3. The number of sulfonamides is 1. The van der Waals surface area contributed by atoms with Crippen molar-refractivity contribution in [3.05, 3.63) is 101 Å². The Hall–Kier alpha value is -3.65. The number of aryl methyl sites for hydroxylation is 2. The fourth-order valence-electron chi connectivity index (χ4n) is 4.61. The SMILES string of the molecule is Cc1ccc(CN(C(=O)CCCN(c2cccc(C)c2)S(C)(=O)=O)C(Cc2ccccc2)C(=O)NC(C)C)cc1. The molecule has 8 heteroatoms. The van der Waals surface area contributed by atoms with Crippen LogP contribution in [0.25, 0.3) is 0 Å². The van der Waals surface area contributed by atoms with Gasteiger partial charge in [-0.3, -0.25) is 13.9 Å². The van der Waals surface area contributed by atoms with Crippen LogP contribution >= 0.6 is 0 Å². The minimum Gasteiger partial charge on any atom is -0.352 e. The van der Waals surface area contributed by atoms with Crippen LogP contribution in [0.15, 0.2) is 78.9 Å². The molecule has 1 atom stereocenters. The lowest BCUT2D eigenvalue weighted by atomic mass is 10.0. The van der Waals surface area contributed by atoms with Gasteiger partial charge in [-0.25, -0.2) is 8.42 Å². The Morgan fingerprint density at radius 1 is 0.850 bits per heavy atom. The average molecular weight is 564 g/mol. The van der Waals surface area contributed by atoms with Crippen LogP contribution in [-0.2, 0) is 32.6 Å². The number of hydrogen-bond donors (Lipinski definition) is 1. The standard InChI is InChI=1S/C32H41N3O4S/c1-24(2)33-32(37)30(22-27-12-7-6-8-13-27)34(23-28-18-16-25(3)17-19-28)31(36)15-10-20-35(40(5,38)39)29-14-9-11-26(4)21-29/h6-9,11-14,16-19,21,24,30H,10,15,20,22-23H2,1-5H3,(H,33,37). The van der Waals surface area contributed by atoms with Gasteiger partial charge in [-0.15, -0.1) is 0 Å². The molecule has 0 aromatic heterocycles. The van der Waals surface area contributed by atoms with Crippen LogP contribution in [0.4, 0.5) is 5.69 Å². The summed E-state index contributed by atoms with van der Waals surface area (Å²) in [6, 6.07) is 24.1.